The largest absolute Gasteiger partial charge is 0.496 e. The standard InChI is InChI=1S/C23H27N7O/c1-30-9-7-16(8-10-30)3-4-17-5-6-19(21(11-17)31-2)20-12-22(29-28-20)27-23-15-25-18(13-24)14-26-23/h5-6,11-12,14-16H,3-4,7-10H2,1-2H3,(H2,26,27,28,29). The van der Waals surface area contributed by atoms with Gasteiger partial charge in [0.05, 0.1) is 25.2 Å². The molecule has 8 heteroatoms. The van der Waals surface area contributed by atoms with Gasteiger partial charge in [-0.05, 0) is 69.4 Å². The van der Waals surface area contributed by atoms with Crippen LogP contribution in [0.3, 0.4) is 0 Å². The van der Waals surface area contributed by atoms with E-state index >= 15 is 0 Å². The number of likely N-dealkylation sites (tertiary alicyclic amines) is 1. The highest BCUT2D eigenvalue weighted by atomic mass is 16.5. The lowest BCUT2D eigenvalue weighted by Gasteiger charge is -2.28. The van der Waals surface area contributed by atoms with E-state index in [9.17, 15) is 0 Å². The summed E-state index contributed by atoms with van der Waals surface area (Å²) in [5.41, 5.74) is 3.37. The molecule has 0 aliphatic carbocycles. The van der Waals surface area contributed by atoms with Gasteiger partial charge in [0.2, 0.25) is 0 Å². The van der Waals surface area contributed by atoms with Crippen LogP contribution in [0.5, 0.6) is 5.75 Å². The molecular weight excluding hydrogens is 390 g/mol. The topological polar surface area (TPSA) is 103 Å². The number of anilines is 2. The average molecular weight is 418 g/mol. The highest BCUT2D eigenvalue weighted by Crippen LogP contribution is 2.32. The van der Waals surface area contributed by atoms with Gasteiger partial charge in [0.25, 0.3) is 0 Å². The highest BCUT2D eigenvalue weighted by Gasteiger charge is 2.17. The van der Waals surface area contributed by atoms with Crippen LogP contribution in [-0.4, -0.2) is 52.3 Å². The van der Waals surface area contributed by atoms with Gasteiger partial charge in [-0.15, -0.1) is 0 Å². The van der Waals surface area contributed by atoms with Gasteiger partial charge in [0.1, 0.15) is 17.6 Å². The van der Waals surface area contributed by atoms with Crippen molar-refractivity contribution < 1.29 is 4.74 Å². The number of nitrogens with zero attached hydrogens (tertiary/aromatic N) is 5. The van der Waals surface area contributed by atoms with Gasteiger partial charge in [-0.1, -0.05) is 6.07 Å². The number of methoxy groups -OCH3 is 1. The van der Waals surface area contributed by atoms with E-state index in [1.165, 1.54) is 50.3 Å². The average Bonchev–Trinajstić information content (AvgIpc) is 3.27. The SMILES string of the molecule is COc1cc(CCC2CCN(C)CC2)ccc1-c1cc(Nc2cnc(C#N)cn2)n[nH]1. The Hall–Kier alpha value is -3.44. The third-order valence-corrected chi connectivity index (χ3v) is 5.84. The Kier molecular flexibility index (Phi) is 6.43. The molecule has 1 fully saturated rings. The maximum Gasteiger partial charge on any atom is 0.158 e. The molecule has 31 heavy (non-hydrogen) atoms. The molecule has 0 radical (unpaired) electrons. The van der Waals surface area contributed by atoms with Gasteiger partial charge < -0.3 is 15.0 Å². The summed E-state index contributed by atoms with van der Waals surface area (Å²) in [6, 6.07) is 10.2. The fourth-order valence-electron chi connectivity index (χ4n) is 3.94. The first kappa shape index (κ1) is 20.8. The lowest BCUT2D eigenvalue weighted by Crippen LogP contribution is -2.30. The molecule has 0 spiro atoms. The number of hydrogen-bond donors (Lipinski definition) is 2. The quantitative estimate of drug-likeness (QED) is 0.603. The van der Waals surface area contributed by atoms with Crippen LogP contribution in [0, 0.1) is 17.2 Å². The van der Waals surface area contributed by atoms with E-state index in [0.717, 1.165) is 29.3 Å². The maximum atomic E-state index is 8.82. The molecule has 1 aromatic carbocycles. The number of nitrogens with one attached hydrogen (secondary N) is 2. The second-order valence-corrected chi connectivity index (χ2v) is 8.01. The number of aromatic nitrogens is 4. The van der Waals surface area contributed by atoms with Crippen LogP contribution in [0.4, 0.5) is 11.6 Å². The lowest BCUT2D eigenvalue weighted by atomic mass is 9.90. The number of H-pyrrole nitrogens is 1. The van der Waals surface area contributed by atoms with Gasteiger partial charge in [-0.2, -0.15) is 10.4 Å². The van der Waals surface area contributed by atoms with Gasteiger partial charge in [-0.3, -0.25) is 5.10 Å². The fraction of sp³-hybridized carbons (Fsp3) is 0.391. The predicted octanol–water partition coefficient (Wildman–Crippen LogP) is 3.76. The van der Waals surface area contributed by atoms with E-state index in [0.29, 0.717) is 11.6 Å². The monoisotopic (exact) mass is 417 g/mol. The van der Waals surface area contributed by atoms with Crippen molar-refractivity contribution >= 4 is 11.6 Å². The number of rotatable bonds is 7. The Labute approximate surface area is 182 Å². The van der Waals surface area contributed by atoms with Crippen molar-refractivity contribution in [3.8, 4) is 23.1 Å². The zero-order valence-corrected chi connectivity index (χ0v) is 17.9. The van der Waals surface area contributed by atoms with Crippen LogP contribution >= 0.6 is 0 Å². The number of piperidine rings is 1. The van der Waals surface area contributed by atoms with Crippen molar-refractivity contribution in [1.29, 1.82) is 5.26 Å². The summed E-state index contributed by atoms with van der Waals surface area (Å²) >= 11 is 0. The van der Waals surface area contributed by atoms with Crippen LogP contribution in [0.2, 0.25) is 0 Å². The highest BCUT2D eigenvalue weighted by molar-refractivity contribution is 5.71. The van der Waals surface area contributed by atoms with Crippen LogP contribution in [0.15, 0.2) is 36.7 Å². The van der Waals surface area contributed by atoms with Gasteiger partial charge in [0.15, 0.2) is 11.5 Å². The molecule has 1 aliphatic rings. The molecule has 2 aromatic heterocycles. The summed E-state index contributed by atoms with van der Waals surface area (Å²) in [5, 5.41) is 19.3. The van der Waals surface area contributed by atoms with Crippen molar-refractivity contribution in [3.63, 3.8) is 0 Å². The first-order valence-corrected chi connectivity index (χ1v) is 10.5. The predicted molar refractivity (Wildman–Crippen MR) is 119 cm³/mol. The van der Waals surface area contributed by atoms with E-state index in [2.05, 4.69) is 55.6 Å². The van der Waals surface area contributed by atoms with Gasteiger partial charge in [-0.25, -0.2) is 9.97 Å². The van der Waals surface area contributed by atoms with Crippen LogP contribution in [0.1, 0.15) is 30.5 Å². The number of ether oxygens (including phenoxy) is 1. The molecular formula is C23H27N7O. The Bertz CT molecular complexity index is 1050. The molecule has 2 N–H and O–H groups in total. The maximum absolute atomic E-state index is 8.82. The zero-order valence-electron chi connectivity index (χ0n) is 17.9. The summed E-state index contributed by atoms with van der Waals surface area (Å²) in [7, 11) is 3.90. The van der Waals surface area contributed by atoms with E-state index in [4.69, 9.17) is 10.00 Å². The number of aromatic amines is 1. The number of nitriles is 1. The van der Waals surface area contributed by atoms with Crippen LogP contribution in [-0.2, 0) is 6.42 Å². The van der Waals surface area contributed by atoms with Crippen molar-refractivity contribution in [2.24, 2.45) is 5.92 Å². The molecule has 0 saturated carbocycles. The number of hydrogen-bond acceptors (Lipinski definition) is 7. The molecule has 3 heterocycles. The minimum Gasteiger partial charge on any atom is -0.496 e. The molecule has 0 bridgehead atoms. The molecule has 1 saturated heterocycles. The van der Waals surface area contributed by atoms with Gasteiger partial charge in [0, 0.05) is 11.6 Å². The molecule has 4 rings (SSSR count). The first-order valence-electron chi connectivity index (χ1n) is 10.5. The van der Waals surface area contributed by atoms with E-state index in [1.54, 1.807) is 7.11 Å². The second-order valence-electron chi connectivity index (χ2n) is 8.01. The molecule has 8 nitrogen and oxygen atoms in total. The first-order chi connectivity index (χ1) is 15.1. The lowest BCUT2D eigenvalue weighted by molar-refractivity contribution is 0.212. The zero-order chi connectivity index (χ0) is 21.6. The summed E-state index contributed by atoms with van der Waals surface area (Å²) in [6.45, 7) is 2.41. The third-order valence-electron chi connectivity index (χ3n) is 5.84. The van der Waals surface area contributed by atoms with E-state index < -0.39 is 0 Å². The summed E-state index contributed by atoms with van der Waals surface area (Å²) in [4.78, 5) is 10.6. The minimum absolute atomic E-state index is 0.272. The Morgan fingerprint density at radius 3 is 2.74 bits per heavy atom. The van der Waals surface area contributed by atoms with Crippen LogP contribution < -0.4 is 10.1 Å². The summed E-state index contributed by atoms with van der Waals surface area (Å²) < 4.78 is 5.67. The smallest absolute Gasteiger partial charge is 0.158 e. The molecule has 160 valence electrons. The Morgan fingerprint density at radius 2 is 2.03 bits per heavy atom. The van der Waals surface area contributed by atoms with Gasteiger partial charge >= 0.3 is 0 Å². The van der Waals surface area contributed by atoms with Crippen LogP contribution in [0.25, 0.3) is 11.3 Å². The minimum atomic E-state index is 0.272. The van der Waals surface area contributed by atoms with Crippen molar-refractivity contribution in [2.75, 3.05) is 32.6 Å². The second kappa shape index (κ2) is 9.58. The van der Waals surface area contributed by atoms with E-state index in [-0.39, 0.29) is 5.69 Å². The molecule has 3 aromatic rings. The molecule has 0 unspecified atom stereocenters. The summed E-state index contributed by atoms with van der Waals surface area (Å²) in [6.07, 6.45) is 7.80. The number of benzene rings is 1. The third kappa shape index (κ3) is 5.19. The van der Waals surface area contributed by atoms with Crippen molar-refractivity contribution in [3.05, 3.63) is 47.9 Å². The van der Waals surface area contributed by atoms with E-state index in [1.807, 2.05) is 12.1 Å². The summed E-state index contributed by atoms with van der Waals surface area (Å²) in [5.74, 6) is 2.78. The van der Waals surface area contributed by atoms with Crippen molar-refractivity contribution in [1.82, 2.24) is 25.1 Å². The Morgan fingerprint density at radius 1 is 1.19 bits per heavy atom. The fourth-order valence-corrected chi connectivity index (χ4v) is 3.94. The number of aryl methyl sites for hydroxylation is 1. The molecule has 0 atom stereocenters. The Balaban J connectivity index is 1.42. The molecule has 0 amide bonds. The molecule has 1 aliphatic heterocycles. The van der Waals surface area contributed by atoms with Crippen molar-refractivity contribution in [2.45, 2.75) is 25.7 Å². The normalized spacial score (nSPS) is 14.9.